The summed E-state index contributed by atoms with van der Waals surface area (Å²) in [7, 11) is -1.12. The highest BCUT2D eigenvalue weighted by Gasteiger charge is 2.29. The van der Waals surface area contributed by atoms with Crippen molar-refractivity contribution < 1.29 is 27.4 Å². The molecule has 0 spiro atoms. The van der Waals surface area contributed by atoms with Gasteiger partial charge in [0.2, 0.25) is 0 Å². The van der Waals surface area contributed by atoms with E-state index in [1.807, 2.05) is 0 Å². The van der Waals surface area contributed by atoms with E-state index in [1.165, 1.54) is 20.3 Å². The summed E-state index contributed by atoms with van der Waals surface area (Å²) in [6.07, 6.45) is 0. The topological polar surface area (TPSA) is 90.9 Å². The maximum absolute atomic E-state index is 13.2. The number of rotatable bonds is 7. The Morgan fingerprint density at radius 1 is 1.07 bits per heavy atom. The summed E-state index contributed by atoms with van der Waals surface area (Å²) >= 11 is 1.08. The molecule has 1 N–H and O–H groups in total. The fourth-order valence-electron chi connectivity index (χ4n) is 2.73. The van der Waals surface area contributed by atoms with Crippen LogP contribution in [0.25, 0.3) is 10.1 Å². The number of thiophene rings is 1. The number of carbonyl (C=O) groups excluding carboxylic acids is 1. The third-order valence-electron chi connectivity index (χ3n) is 3.92. The molecule has 0 amide bonds. The first-order valence-electron chi connectivity index (χ1n) is 8.34. The molecule has 7 nitrogen and oxygen atoms in total. The van der Waals surface area contributed by atoms with Gasteiger partial charge in [-0.05, 0) is 25.1 Å². The van der Waals surface area contributed by atoms with Gasteiger partial charge in [-0.1, -0.05) is 18.2 Å². The number of hydrogen-bond acceptors (Lipinski definition) is 7. The van der Waals surface area contributed by atoms with E-state index in [9.17, 15) is 13.2 Å². The first-order chi connectivity index (χ1) is 13.4. The Hall–Kier alpha value is -2.78. The van der Waals surface area contributed by atoms with Crippen molar-refractivity contribution in [3.05, 3.63) is 47.3 Å². The minimum Gasteiger partial charge on any atom is -0.493 e. The highest BCUT2D eigenvalue weighted by molar-refractivity contribution is 7.93. The smallest absolute Gasteiger partial charge is 0.349 e. The molecule has 0 aliphatic carbocycles. The van der Waals surface area contributed by atoms with Crippen molar-refractivity contribution in [3.8, 4) is 11.5 Å². The SMILES string of the molecule is CCOC(=O)c1sc2ccccc2c1S(=O)(=O)Nc1ccc(OC)c(OC)c1. The maximum atomic E-state index is 13.2. The van der Waals surface area contributed by atoms with Crippen LogP contribution in [0.3, 0.4) is 0 Å². The molecule has 3 rings (SSSR count). The van der Waals surface area contributed by atoms with Crippen molar-refractivity contribution in [2.45, 2.75) is 11.8 Å². The normalized spacial score (nSPS) is 11.2. The van der Waals surface area contributed by atoms with Gasteiger partial charge in [-0.15, -0.1) is 11.3 Å². The summed E-state index contributed by atoms with van der Waals surface area (Å²) in [5.74, 6) is 0.179. The summed E-state index contributed by atoms with van der Waals surface area (Å²) in [5.41, 5.74) is 0.280. The number of carbonyl (C=O) groups is 1. The van der Waals surface area contributed by atoms with Crippen LogP contribution in [-0.4, -0.2) is 35.2 Å². The molecule has 148 valence electrons. The van der Waals surface area contributed by atoms with E-state index in [0.29, 0.717) is 21.6 Å². The molecule has 2 aromatic carbocycles. The van der Waals surface area contributed by atoms with E-state index in [1.54, 1.807) is 43.3 Å². The molecular weight excluding hydrogens is 402 g/mol. The predicted octanol–water partition coefficient (Wildman–Crippen LogP) is 3.90. The first-order valence-corrected chi connectivity index (χ1v) is 10.6. The van der Waals surface area contributed by atoms with E-state index in [-0.39, 0.29) is 22.1 Å². The number of ether oxygens (including phenoxy) is 3. The standard InChI is InChI=1S/C19H19NO6S2/c1-4-26-19(21)17-18(13-7-5-6-8-16(13)27-17)28(22,23)20-12-9-10-14(24-2)15(11-12)25-3/h5-11,20H,4H2,1-3H3. The highest BCUT2D eigenvalue weighted by Crippen LogP contribution is 2.37. The van der Waals surface area contributed by atoms with Gasteiger partial charge < -0.3 is 14.2 Å². The summed E-state index contributed by atoms with van der Waals surface area (Å²) in [4.78, 5) is 12.3. The average Bonchev–Trinajstić information content (AvgIpc) is 3.08. The van der Waals surface area contributed by atoms with Crippen LogP contribution in [-0.2, 0) is 14.8 Å². The second kappa shape index (κ2) is 8.07. The molecule has 0 aliphatic rings. The van der Waals surface area contributed by atoms with Gasteiger partial charge >= 0.3 is 5.97 Å². The predicted molar refractivity (Wildman–Crippen MR) is 108 cm³/mol. The van der Waals surface area contributed by atoms with Crippen LogP contribution in [0.2, 0.25) is 0 Å². The summed E-state index contributed by atoms with van der Waals surface area (Å²) < 4.78 is 45.0. The maximum Gasteiger partial charge on any atom is 0.349 e. The first kappa shape index (κ1) is 20.0. The molecule has 9 heteroatoms. The van der Waals surface area contributed by atoms with Gasteiger partial charge in [-0.25, -0.2) is 13.2 Å². The molecule has 1 aromatic heterocycles. The number of sulfonamides is 1. The van der Waals surface area contributed by atoms with E-state index in [0.717, 1.165) is 11.3 Å². The molecule has 0 fully saturated rings. The number of methoxy groups -OCH3 is 2. The Morgan fingerprint density at radius 3 is 2.46 bits per heavy atom. The molecular formula is C19H19NO6S2. The van der Waals surface area contributed by atoms with Crippen LogP contribution in [0.15, 0.2) is 47.4 Å². The fourth-order valence-corrected chi connectivity index (χ4v) is 5.57. The van der Waals surface area contributed by atoms with E-state index in [2.05, 4.69) is 4.72 Å². The average molecular weight is 421 g/mol. The van der Waals surface area contributed by atoms with Gasteiger partial charge in [-0.2, -0.15) is 0 Å². The van der Waals surface area contributed by atoms with Crippen molar-refractivity contribution in [3.63, 3.8) is 0 Å². The Kier molecular flexibility index (Phi) is 5.76. The molecule has 0 aliphatic heterocycles. The van der Waals surface area contributed by atoms with E-state index >= 15 is 0 Å². The molecule has 0 radical (unpaired) electrons. The van der Waals surface area contributed by atoms with Crippen LogP contribution in [0.4, 0.5) is 5.69 Å². The molecule has 0 saturated carbocycles. The molecule has 0 saturated heterocycles. The Morgan fingerprint density at radius 2 is 1.79 bits per heavy atom. The van der Waals surface area contributed by atoms with Gasteiger partial charge in [0.15, 0.2) is 11.5 Å². The molecule has 1 heterocycles. The number of hydrogen-bond donors (Lipinski definition) is 1. The molecule has 3 aromatic rings. The second-order valence-corrected chi connectivity index (χ2v) is 8.32. The Balaban J connectivity index is 2.10. The summed E-state index contributed by atoms with van der Waals surface area (Å²) in [6, 6.07) is 11.6. The molecule has 0 unspecified atom stereocenters. The lowest BCUT2D eigenvalue weighted by molar-refractivity contribution is 0.0528. The van der Waals surface area contributed by atoms with Crippen molar-refractivity contribution in [1.82, 2.24) is 0 Å². The monoisotopic (exact) mass is 421 g/mol. The van der Waals surface area contributed by atoms with Gasteiger partial charge in [-0.3, -0.25) is 4.72 Å². The largest absolute Gasteiger partial charge is 0.493 e. The fraction of sp³-hybridized carbons (Fsp3) is 0.211. The van der Waals surface area contributed by atoms with Crippen LogP contribution >= 0.6 is 11.3 Å². The lowest BCUT2D eigenvalue weighted by atomic mass is 10.2. The van der Waals surface area contributed by atoms with Gasteiger partial charge in [0.1, 0.15) is 9.77 Å². The lowest BCUT2D eigenvalue weighted by Crippen LogP contribution is -2.16. The van der Waals surface area contributed by atoms with Gasteiger partial charge in [0.05, 0.1) is 26.5 Å². The summed E-state index contributed by atoms with van der Waals surface area (Å²) in [5, 5.41) is 0.462. The molecule has 0 atom stereocenters. The zero-order valence-corrected chi connectivity index (χ0v) is 17.1. The third kappa shape index (κ3) is 3.76. The van der Waals surface area contributed by atoms with Crippen LogP contribution in [0.1, 0.15) is 16.6 Å². The van der Waals surface area contributed by atoms with E-state index in [4.69, 9.17) is 14.2 Å². The third-order valence-corrected chi connectivity index (χ3v) is 6.66. The number of anilines is 1. The number of esters is 1. The van der Waals surface area contributed by atoms with Gasteiger partial charge in [0, 0.05) is 16.2 Å². The van der Waals surface area contributed by atoms with Crippen molar-refractivity contribution >= 4 is 43.1 Å². The van der Waals surface area contributed by atoms with Crippen molar-refractivity contribution in [2.24, 2.45) is 0 Å². The summed E-state index contributed by atoms with van der Waals surface area (Å²) in [6.45, 7) is 1.82. The Bertz CT molecular complexity index is 1120. The Labute approximate surface area is 166 Å². The quantitative estimate of drug-likeness (QED) is 0.582. The number of benzene rings is 2. The van der Waals surface area contributed by atoms with E-state index < -0.39 is 16.0 Å². The zero-order chi connectivity index (χ0) is 20.3. The number of fused-ring (bicyclic) bond motifs is 1. The van der Waals surface area contributed by atoms with Crippen molar-refractivity contribution in [1.29, 1.82) is 0 Å². The zero-order valence-electron chi connectivity index (χ0n) is 15.5. The van der Waals surface area contributed by atoms with Gasteiger partial charge in [0.25, 0.3) is 10.0 Å². The van der Waals surface area contributed by atoms with Crippen LogP contribution in [0, 0.1) is 0 Å². The van der Waals surface area contributed by atoms with Crippen LogP contribution < -0.4 is 14.2 Å². The second-order valence-electron chi connectivity index (χ2n) is 5.65. The van der Waals surface area contributed by atoms with Crippen molar-refractivity contribution in [2.75, 3.05) is 25.5 Å². The number of nitrogens with one attached hydrogen (secondary N) is 1. The molecule has 0 bridgehead atoms. The lowest BCUT2D eigenvalue weighted by Gasteiger charge is -2.12. The minimum atomic E-state index is -4.07. The minimum absolute atomic E-state index is 0.0380. The molecule has 28 heavy (non-hydrogen) atoms. The van der Waals surface area contributed by atoms with Crippen LogP contribution in [0.5, 0.6) is 11.5 Å². The highest BCUT2D eigenvalue weighted by atomic mass is 32.2.